The summed E-state index contributed by atoms with van der Waals surface area (Å²) in [5, 5.41) is 0. The first-order valence-electron chi connectivity index (χ1n) is 4.67. The van der Waals surface area contributed by atoms with Crippen LogP contribution in [-0.2, 0) is 9.68 Å². The number of hydrogen-bond donors (Lipinski definition) is 0. The van der Waals surface area contributed by atoms with Gasteiger partial charge in [-0.2, -0.15) is 18.1 Å². The molecule has 0 rings (SSSR count). The molecule has 0 fully saturated rings. The molecule has 1 atom stereocenters. The molecule has 0 aliphatic rings. The van der Waals surface area contributed by atoms with Crippen LogP contribution in [-0.4, -0.2) is 38.6 Å². The summed E-state index contributed by atoms with van der Waals surface area (Å²) in [4.78, 5) is 2.75. The Hall–Kier alpha value is -0.640. The standard InChI is InChI=1S/C6H9F5O.C2H5F.CH3FO.FH/c1-5(2,3-7)12-4(8)6(9,10)11;1-2-3;1-3-2;/h4H,3H2,1-2H3;2H2,1H3;1H3;1H. The summed E-state index contributed by atoms with van der Waals surface area (Å²) in [5.74, 6) is 0. The quantitative estimate of drug-likeness (QED) is 0.725. The van der Waals surface area contributed by atoms with Crippen molar-refractivity contribution in [3.05, 3.63) is 0 Å². The second-order valence-corrected chi connectivity index (χ2v) is 3.29. The van der Waals surface area contributed by atoms with E-state index < -0.39 is 24.8 Å². The lowest BCUT2D eigenvalue weighted by atomic mass is 10.2. The normalized spacial score (nSPS) is 12.2. The zero-order chi connectivity index (χ0) is 15.4. The van der Waals surface area contributed by atoms with E-state index in [-0.39, 0.29) is 11.4 Å². The highest BCUT2D eigenvalue weighted by Gasteiger charge is 2.44. The van der Waals surface area contributed by atoms with E-state index in [1.165, 1.54) is 6.92 Å². The molecule has 0 spiro atoms. The Morgan fingerprint density at radius 2 is 1.37 bits per heavy atom. The Kier molecular flexibility index (Phi) is 19.5. The average Bonchev–Trinajstić information content (AvgIpc) is 2.18. The third-order valence-corrected chi connectivity index (χ3v) is 1.00. The van der Waals surface area contributed by atoms with Gasteiger partial charge in [-0.1, -0.05) is 0 Å². The van der Waals surface area contributed by atoms with Crippen LogP contribution < -0.4 is 0 Å². The van der Waals surface area contributed by atoms with Gasteiger partial charge in [0.15, 0.2) is 0 Å². The number of alkyl halides is 6. The van der Waals surface area contributed by atoms with Gasteiger partial charge in [-0.15, -0.1) is 0 Å². The molecule has 0 amide bonds. The maximum absolute atomic E-state index is 12.1. The van der Waals surface area contributed by atoms with E-state index in [2.05, 4.69) is 9.68 Å². The van der Waals surface area contributed by atoms with E-state index in [1.54, 1.807) is 0 Å². The highest BCUT2D eigenvalue weighted by molar-refractivity contribution is 4.69. The Bertz CT molecular complexity index is 172. The lowest BCUT2D eigenvalue weighted by Gasteiger charge is -2.24. The third kappa shape index (κ3) is 22.9. The lowest BCUT2D eigenvalue weighted by Crippen LogP contribution is -2.38. The van der Waals surface area contributed by atoms with Gasteiger partial charge in [0.1, 0.15) is 6.67 Å². The van der Waals surface area contributed by atoms with Gasteiger partial charge < -0.3 is 4.74 Å². The van der Waals surface area contributed by atoms with Gasteiger partial charge in [-0.25, -0.2) is 8.78 Å². The summed E-state index contributed by atoms with van der Waals surface area (Å²) in [6, 6.07) is 0. The number of hydrogen-bond acceptors (Lipinski definition) is 2. The number of halogens is 8. The minimum atomic E-state index is -5.09. The largest absolute Gasteiger partial charge is 0.445 e. The van der Waals surface area contributed by atoms with Crippen LogP contribution in [0.4, 0.5) is 35.6 Å². The highest BCUT2D eigenvalue weighted by atomic mass is 19.4. The van der Waals surface area contributed by atoms with Crippen LogP contribution in [0.2, 0.25) is 0 Å². The molecule has 0 aliphatic heterocycles. The fourth-order valence-corrected chi connectivity index (χ4v) is 0.378. The van der Waals surface area contributed by atoms with Crippen LogP contribution in [0, 0.1) is 0 Å². The predicted molar refractivity (Wildman–Crippen MR) is 54.4 cm³/mol. The van der Waals surface area contributed by atoms with Gasteiger partial charge in [-0.05, 0) is 25.3 Å². The topological polar surface area (TPSA) is 18.5 Å². The minimum absolute atomic E-state index is 0. The minimum Gasteiger partial charge on any atom is -0.332 e. The van der Waals surface area contributed by atoms with Crippen LogP contribution in [0.3, 0.4) is 0 Å². The van der Waals surface area contributed by atoms with Crippen LogP contribution in [0.15, 0.2) is 0 Å². The second kappa shape index (κ2) is 13.8. The SMILES string of the molecule is CC(C)(CF)OC(F)C(F)(F)F.CCF.COF.F. The average molecular weight is 310 g/mol. The van der Waals surface area contributed by atoms with Gasteiger partial charge in [0.25, 0.3) is 6.36 Å². The Balaban J connectivity index is -0.000000137. The Morgan fingerprint density at radius 1 is 1.11 bits per heavy atom. The molecule has 0 aromatic heterocycles. The fourth-order valence-electron chi connectivity index (χ4n) is 0.378. The summed E-state index contributed by atoms with van der Waals surface area (Å²) < 4.78 is 82.3. The molecule has 10 heteroatoms. The van der Waals surface area contributed by atoms with Crippen molar-refractivity contribution in [1.29, 1.82) is 0 Å². The van der Waals surface area contributed by atoms with E-state index >= 15 is 0 Å². The van der Waals surface area contributed by atoms with Crippen molar-refractivity contribution in [3.63, 3.8) is 0 Å². The molecule has 0 aromatic carbocycles. The summed E-state index contributed by atoms with van der Waals surface area (Å²) in [6.45, 7) is 2.10. The van der Waals surface area contributed by atoms with Crippen molar-refractivity contribution >= 4 is 0 Å². The van der Waals surface area contributed by atoms with E-state index in [0.29, 0.717) is 0 Å². The first-order chi connectivity index (χ1) is 8.02. The molecule has 0 N–H and O–H groups in total. The smallest absolute Gasteiger partial charge is 0.332 e. The van der Waals surface area contributed by atoms with Gasteiger partial charge in [0, 0.05) is 0 Å². The maximum atomic E-state index is 12.1. The molecule has 0 bridgehead atoms. The van der Waals surface area contributed by atoms with Crippen molar-refractivity contribution < 1.29 is 45.3 Å². The molecule has 0 aliphatic carbocycles. The fraction of sp³-hybridized carbons (Fsp3) is 1.00. The molecular weight excluding hydrogens is 292 g/mol. The van der Waals surface area contributed by atoms with E-state index in [0.717, 1.165) is 21.0 Å². The molecule has 0 saturated heterocycles. The predicted octanol–water partition coefficient (Wildman–Crippen LogP) is 4.25. The zero-order valence-electron chi connectivity index (χ0n) is 10.9. The van der Waals surface area contributed by atoms with Crippen LogP contribution >= 0.6 is 0 Å². The zero-order valence-corrected chi connectivity index (χ0v) is 10.9. The van der Waals surface area contributed by atoms with Crippen LogP contribution in [0.1, 0.15) is 20.8 Å². The van der Waals surface area contributed by atoms with E-state index in [1.807, 2.05) is 0 Å². The Morgan fingerprint density at radius 3 is 1.53 bits per heavy atom. The van der Waals surface area contributed by atoms with Gasteiger partial charge in [0.2, 0.25) is 0 Å². The van der Waals surface area contributed by atoms with Gasteiger partial charge in [0.05, 0.1) is 19.4 Å². The summed E-state index contributed by atoms with van der Waals surface area (Å²) >= 11 is 0. The molecule has 0 saturated carbocycles. The number of rotatable bonds is 3. The molecule has 0 heterocycles. The van der Waals surface area contributed by atoms with E-state index in [9.17, 15) is 30.9 Å². The van der Waals surface area contributed by atoms with Gasteiger partial charge in [-0.3, -0.25) is 9.09 Å². The van der Waals surface area contributed by atoms with Crippen molar-refractivity contribution in [3.8, 4) is 0 Å². The summed E-state index contributed by atoms with van der Waals surface area (Å²) in [7, 11) is 0.958. The van der Waals surface area contributed by atoms with Crippen molar-refractivity contribution in [2.75, 3.05) is 20.5 Å². The number of ether oxygens (including phenoxy) is 1. The lowest BCUT2D eigenvalue weighted by molar-refractivity contribution is -0.293. The summed E-state index contributed by atoms with van der Waals surface area (Å²) in [6.07, 6.45) is -8.52. The molecule has 1 unspecified atom stereocenters. The molecule has 0 aromatic rings. The molecule has 2 nitrogen and oxygen atoms in total. The monoisotopic (exact) mass is 310 g/mol. The first kappa shape index (κ1) is 26.8. The summed E-state index contributed by atoms with van der Waals surface area (Å²) in [5.41, 5.74) is -1.74. The van der Waals surface area contributed by atoms with Crippen molar-refractivity contribution in [2.45, 2.75) is 38.9 Å². The Labute approximate surface area is 106 Å². The molecule has 0 radical (unpaired) electrons. The second-order valence-electron chi connectivity index (χ2n) is 3.29. The molecule has 19 heavy (non-hydrogen) atoms. The van der Waals surface area contributed by atoms with Crippen molar-refractivity contribution in [2.24, 2.45) is 0 Å². The molecule has 122 valence electrons. The first-order valence-corrected chi connectivity index (χ1v) is 4.67. The van der Waals surface area contributed by atoms with Gasteiger partial charge >= 0.3 is 6.18 Å². The van der Waals surface area contributed by atoms with Crippen molar-refractivity contribution in [1.82, 2.24) is 0 Å². The maximum Gasteiger partial charge on any atom is 0.445 e. The highest BCUT2D eigenvalue weighted by Crippen LogP contribution is 2.27. The third-order valence-electron chi connectivity index (χ3n) is 1.00. The van der Waals surface area contributed by atoms with Crippen LogP contribution in [0.25, 0.3) is 0 Å². The molecular formula is C9H18F8O2. The van der Waals surface area contributed by atoms with E-state index in [4.69, 9.17) is 0 Å². The van der Waals surface area contributed by atoms with Crippen LogP contribution in [0.5, 0.6) is 0 Å².